The first-order valence-corrected chi connectivity index (χ1v) is 12.4. The van der Waals surface area contributed by atoms with E-state index in [1.165, 1.54) is 12.1 Å². The normalized spacial score (nSPS) is 12.7. The van der Waals surface area contributed by atoms with Gasteiger partial charge in [-0.2, -0.15) is 0 Å². The van der Waals surface area contributed by atoms with E-state index in [1.54, 1.807) is 17.0 Å². The molecule has 2 atom stereocenters. The maximum atomic E-state index is 13.9. The predicted molar refractivity (Wildman–Crippen MR) is 138 cm³/mol. The van der Waals surface area contributed by atoms with Gasteiger partial charge in [0.25, 0.3) is 0 Å². The zero-order valence-electron chi connectivity index (χ0n) is 20.8. The van der Waals surface area contributed by atoms with Gasteiger partial charge in [-0.1, -0.05) is 86.6 Å². The van der Waals surface area contributed by atoms with Crippen molar-refractivity contribution in [1.82, 2.24) is 10.2 Å². The number of hydrogen-bond acceptors (Lipinski definition) is 2. The van der Waals surface area contributed by atoms with Gasteiger partial charge in [-0.05, 0) is 48.6 Å². The first-order chi connectivity index (χ1) is 16.9. The van der Waals surface area contributed by atoms with Crippen LogP contribution in [0.2, 0.25) is 0 Å². The molecule has 3 aromatic carbocycles. The number of halogens is 1. The van der Waals surface area contributed by atoms with Crippen LogP contribution in [0.4, 0.5) is 4.39 Å². The van der Waals surface area contributed by atoms with Crippen molar-refractivity contribution in [2.24, 2.45) is 0 Å². The lowest BCUT2D eigenvalue weighted by molar-refractivity contribution is -0.141. The average Bonchev–Trinajstić information content (AvgIpc) is 2.89. The van der Waals surface area contributed by atoms with Gasteiger partial charge in [0.1, 0.15) is 11.9 Å². The van der Waals surface area contributed by atoms with Crippen molar-refractivity contribution >= 4 is 11.8 Å². The molecule has 4 nitrogen and oxygen atoms in total. The second-order valence-corrected chi connectivity index (χ2v) is 8.97. The number of nitrogens with zero attached hydrogens (tertiary/aromatic N) is 1. The quantitative estimate of drug-likeness (QED) is 0.367. The van der Waals surface area contributed by atoms with Crippen molar-refractivity contribution in [3.05, 3.63) is 107 Å². The highest BCUT2D eigenvalue weighted by Gasteiger charge is 2.31. The number of amides is 2. The third-order valence-corrected chi connectivity index (χ3v) is 6.44. The van der Waals surface area contributed by atoms with Crippen LogP contribution in [0.25, 0.3) is 0 Å². The molecule has 184 valence electrons. The lowest BCUT2D eigenvalue weighted by atomic mass is 9.88. The Morgan fingerprint density at radius 1 is 0.829 bits per heavy atom. The standard InChI is InChI=1S/C30H35FN2O2/c1-4-22(3)32-30(35)28(5-2)33(21-23-16-18-26(31)19-17-23)29(34)20-27(24-12-8-6-9-13-24)25-14-10-7-11-15-25/h6-19,22,27-28H,4-5,20-21H2,1-3H3,(H,32,35)/t22-,28-/m0/s1. The Hall–Kier alpha value is -3.47. The molecule has 0 aliphatic rings. The van der Waals surface area contributed by atoms with Crippen LogP contribution in [0.1, 0.15) is 62.6 Å². The summed E-state index contributed by atoms with van der Waals surface area (Å²) in [5.74, 6) is -0.747. The summed E-state index contributed by atoms with van der Waals surface area (Å²) in [7, 11) is 0. The fourth-order valence-corrected chi connectivity index (χ4v) is 4.24. The highest BCUT2D eigenvalue weighted by Crippen LogP contribution is 2.29. The highest BCUT2D eigenvalue weighted by atomic mass is 19.1. The molecule has 35 heavy (non-hydrogen) atoms. The summed E-state index contributed by atoms with van der Waals surface area (Å²) in [6, 6.07) is 25.4. The maximum absolute atomic E-state index is 13.9. The molecule has 0 radical (unpaired) electrons. The summed E-state index contributed by atoms with van der Waals surface area (Å²) in [4.78, 5) is 28.8. The molecule has 0 aliphatic carbocycles. The molecule has 3 rings (SSSR count). The van der Waals surface area contributed by atoms with Crippen LogP contribution >= 0.6 is 0 Å². The van der Waals surface area contributed by atoms with Gasteiger partial charge in [0.05, 0.1) is 0 Å². The van der Waals surface area contributed by atoms with E-state index in [4.69, 9.17) is 0 Å². The van der Waals surface area contributed by atoms with E-state index in [2.05, 4.69) is 5.32 Å². The lowest BCUT2D eigenvalue weighted by Gasteiger charge is -2.33. The van der Waals surface area contributed by atoms with Gasteiger partial charge in [-0.25, -0.2) is 4.39 Å². The Bertz CT molecular complexity index is 1030. The summed E-state index contributed by atoms with van der Waals surface area (Å²) in [5, 5.41) is 3.03. The molecule has 0 aliphatic heterocycles. The second-order valence-electron chi connectivity index (χ2n) is 8.97. The van der Waals surface area contributed by atoms with Gasteiger partial charge in [0, 0.05) is 24.9 Å². The molecule has 0 saturated heterocycles. The second kappa shape index (κ2) is 12.8. The van der Waals surface area contributed by atoms with Gasteiger partial charge in [0.2, 0.25) is 11.8 Å². The molecular weight excluding hydrogens is 439 g/mol. The fourth-order valence-electron chi connectivity index (χ4n) is 4.24. The van der Waals surface area contributed by atoms with Crippen LogP contribution in [0, 0.1) is 5.82 Å². The van der Waals surface area contributed by atoms with Crippen molar-refractivity contribution in [2.75, 3.05) is 0 Å². The summed E-state index contributed by atoms with van der Waals surface area (Å²) in [6.45, 7) is 6.12. The summed E-state index contributed by atoms with van der Waals surface area (Å²) in [6.07, 6.45) is 1.51. The minimum atomic E-state index is -0.617. The zero-order chi connectivity index (χ0) is 25.2. The topological polar surface area (TPSA) is 49.4 Å². The Kier molecular flexibility index (Phi) is 9.59. The van der Waals surface area contributed by atoms with E-state index < -0.39 is 6.04 Å². The van der Waals surface area contributed by atoms with Crippen LogP contribution in [0.15, 0.2) is 84.9 Å². The molecule has 0 saturated carbocycles. The van der Waals surface area contributed by atoms with Crippen LogP contribution in [-0.4, -0.2) is 28.8 Å². The summed E-state index contributed by atoms with van der Waals surface area (Å²) < 4.78 is 13.5. The van der Waals surface area contributed by atoms with Gasteiger partial charge in [0.15, 0.2) is 0 Å². The minimum Gasteiger partial charge on any atom is -0.352 e. The fraction of sp³-hybridized carbons (Fsp3) is 0.333. The van der Waals surface area contributed by atoms with E-state index >= 15 is 0 Å². The monoisotopic (exact) mass is 474 g/mol. The van der Waals surface area contributed by atoms with E-state index in [9.17, 15) is 14.0 Å². The molecular formula is C30H35FN2O2. The molecule has 0 spiro atoms. The minimum absolute atomic E-state index is 0.0145. The van der Waals surface area contributed by atoms with E-state index in [-0.39, 0.29) is 42.6 Å². The van der Waals surface area contributed by atoms with Gasteiger partial charge in [-0.3, -0.25) is 9.59 Å². The largest absolute Gasteiger partial charge is 0.352 e. The molecule has 0 heterocycles. The van der Waals surface area contributed by atoms with Crippen molar-refractivity contribution in [2.45, 2.75) is 64.6 Å². The number of carbonyl (C=O) groups excluding carboxylic acids is 2. The summed E-state index contributed by atoms with van der Waals surface area (Å²) >= 11 is 0. The van der Waals surface area contributed by atoms with Gasteiger partial charge >= 0.3 is 0 Å². The number of hydrogen-bond donors (Lipinski definition) is 1. The van der Waals surface area contributed by atoms with Crippen LogP contribution in [0.5, 0.6) is 0 Å². The third-order valence-electron chi connectivity index (χ3n) is 6.44. The number of rotatable bonds is 11. The Morgan fingerprint density at radius 3 is 1.86 bits per heavy atom. The molecule has 0 unspecified atom stereocenters. The molecule has 1 N–H and O–H groups in total. The molecule has 0 fully saturated rings. The smallest absolute Gasteiger partial charge is 0.243 e. The third kappa shape index (κ3) is 7.25. The molecule has 5 heteroatoms. The van der Waals surface area contributed by atoms with Crippen molar-refractivity contribution in [3.63, 3.8) is 0 Å². The van der Waals surface area contributed by atoms with E-state index in [1.807, 2.05) is 81.4 Å². The predicted octanol–water partition coefficient (Wildman–Crippen LogP) is 6.07. The van der Waals surface area contributed by atoms with Gasteiger partial charge < -0.3 is 10.2 Å². The van der Waals surface area contributed by atoms with Crippen molar-refractivity contribution in [3.8, 4) is 0 Å². The Morgan fingerprint density at radius 2 is 1.37 bits per heavy atom. The average molecular weight is 475 g/mol. The number of benzene rings is 3. The zero-order valence-corrected chi connectivity index (χ0v) is 20.8. The van der Waals surface area contributed by atoms with Crippen LogP contribution < -0.4 is 5.32 Å². The van der Waals surface area contributed by atoms with Crippen LogP contribution in [0.3, 0.4) is 0 Å². The van der Waals surface area contributed by atoms with Crippen molar-refractivity contribution in [1.29, 1.82) is 0 Å². The number of nitrogens with one attached hydrogen (secondary N) is 1. The first-order valence-electron chi connectivity index (χ1n) is 12.4. The molecule has 2 amide bonds. The number of carbonyl (C=O) groups is 2. The molecule has 0 bridgehead atoms. The van der Waals surface area contributed by atoms with E-state index in [0.717, 1.165) is 23.1 Å². The highest BCUT2D eigenvalue weighted by molar-refractivity contribution is 5.88. The molecule has 3 aromatic rings. The maximum Gasteiger partial charge on any atom is 0.243 e. The summed E-state index contributed by atoms with van der Waals surface area (Å²) in [5.41, 5.74) is 2.88. The SMILES string of the molecule is CC[C@H](C)NC(=O)[C@H](CC)N(Cc1ccc(F)cc1)C(=O)CC(c1ccccc1)c1ccccc1. The Balaban J connectivity index is 1.94. The van der Waals surface area contributed by atoms with Crippen LogP contribution in [-0.2, 0) is 16.1 Å². The van der Waals surface area contributed by atoms with Crippen molar-refractivity contribution < 1.29 is 14.0 Å². The van der Waals surface area contributed by atoms with Gasteiger partial charge in [-0.15, -0.1) is 0 Å². The molecule has 0 aromatic heterocycles. The van der Waals surface area contributed by atoms with E-state index in [0.29, 0.717) is 6.42 Å². The Labute approximate surface area is 208 Å². The lowest BCUT2D eigenvalue weighted by Crippen LogP contribution is -2.51. The first kappa shape index (κ1) is 26.1.